The molecule has 2 aliphatic rings. The van der Waals surface area contributed by atoms with Crippen molar-refractivity contribution in [1.82, 2.24) is 15.5 Å². The molecule has 2 fully saturated rings. The van der Waals surface area contributed by atoms with Crippen molar-refractivity contribution in [1.29, 1.82) is 0 Å². The third-order valence-corrected chi connectivity index (χ3v) is 5.52. The standard InChI is InChI=1S/C21H42N4O/c1-5-22-20(23-12-6-7-13-25-14-8-9-15-25)24-17-18-11-10-16-26-19(18)21(2,3)4/h18-19H,5-17H2,1-4H3,(H2,22,23,24). The second-order valence-corrected chi connectivity index (χ2v) is 8.96. The molecular formula is C21H42N4O. The molecule has 2 unspecified atom stereocenters. The van der Waals surface area contributed by atoms with Gasteiger partial charge in [0.15, 0.2) is 5.96 Å². The summed E-state index contributed by atoms with van der Waals surface area (Å²) in [5.41, 5.74) is 0.182. The molecule has 5 nitrogen and oxygen atoms in total. The Kier molecular flexibility index (Phi) is 9.20. The molecule has 0 aromatic rings. The SMILES string of the molecule is CCNC(=NCC1CCCOC1C(C)(C)C)NCCCCN1CCCC1. The second kappa shape index (κ2) is 11.1. The molecule has 2 heterocycles. The van der Waals surface area contributed by atoms with Gasteiger partial charge in [-0.05, 0) is 70.5 Å². The number of rotatable bonds is 8. The lowest BCUT2D eigenvalue weighted by Gasteiger charge is -2.39. The van der Waals surface area contributed by atoms with Crippen LogP contribution in [0.4, 0.5) is 0 Å². The van der Waals surface area contributed by atoms with E-state index in [9.17, 15) is 0 Å². The Bertz CT molecular complexity index is 413. The fourth-order valence-electron chi connectivity index (χ4n) is 4.21. The van der Waals surface area contributed by atoms with Gasteiger partial charge in [0.2, 0.25) is 0 Å². The summed E-state index contributed by atoms with van der Waals surface area (Å²) in [6, 6.07) is 0. The van der Waals surface area contributed by atoms with E-state index in [4.69, 9.17) is 9.73 Å². The van der Waals surface area contributed by atoms with Crippen molar-refractivity contribution in [2.24, 2.45) is 16.3 Å². The van der Waals surface area contributed by atoms with Crippen molar-refractivity contribution < 1.29 is 4.74 Å². The van der Waals surface area contributed by atoms with Crippen molar-refractivity contribution in [2.45, 2.75) is 72.3 Å². The number of aliphatic imine (C=N–C) groups is 1. The van der Waals surface area contributed by atoms with E-state index < -0.39 is 0 Å². The van der Waals surface area contributed by atoms with Crippen LogP contribution in [0.25, 0.3) is 0 Å². The van der Waals surface area contributed by atoms with Crippen LogP contribution in [0.3, 0.4) is 0 Å². The van der Waals surface area contributed by atoms with Crippen LogP contribution in [0, 0.1) is 11.3 Å². The Morgan fingerprint density at radius 2 is 1.88 bits per heavy atom. The smallest absolute Gasteiger partial charge is 0.191 e. The van der Waals surface area contributed by atoms with Gasteiger partial charge in [-0.1, -0.05) is 20.8 Å². The minimum absolute atomic E-state index is 0.182. The summed E-state index contributed by atoms with van der Waals surface area (Å²) in [6.45, 7) is 16.5. The molecule has 2 saturated heterocycles. The Labute approximate surface area is 161 Å². The van der Waals surface area contributed by atoms with Crippen molar-refractivity contribution in [2.75, 3.05) is 45.9 Å². The van der Waals surface area contributed by atoms with Crippen LogP contribution in [0.5, 0.6) is 0 Å². The molecule has 0 saturated carbocycles. The molecule has 2 aliphatic heterocycles. The number of ether oxygens (including phenoxy) is 1. The van der Waals surface area contributed by atoms with Gasteiger partial charge in [-0.25, -0.2) is 0 Å². The summed E-state index contributed by atoms with van der Waals surface area (Å²) in [6.07, 6.45) is 7.94. The Balaban J connectivity index is 1.73. The lowest BCUT2D eigenvalue weighted by molar-refractivity contribution is -0.0823. The first kappa shape index (κ1) is 21.5. The number of likely N-dealkylation sites (tertiary alicyclic amines) is 1. The first-order valence-corrected chi connectivity index (χ1v) is 10.9. The second-order valence-electron chi connectivity index (χ2n) is 8.96. The van der Waals surface area contributed by atoms with E-state index in [2.05, 4.69) is 43.2 Å². The largest absolute Gasteiger partial charge is 0.377 e. The quantitative estimate of drug-likeness (QED) is 0.393. The molecule has 26 heavy (non-hydrogen) atoms. The number of guanidine groups is 1. The van der Waals surface area contributed by atoms with Gasteiger partial charge in [0, 0.05) is 32.2 Å². The highest BCUT2D eigenvalue weighted by atomic mass is 16.5. The summed E-state index contributed by atoms with van der Waals surface area (Å²) in [4.78, 5) is 7.47. The van der Waals surface area contributed by atoms with Crippen LogP contribution in [-0.4, -0.2) is 62.8 Å². The first-order valence-electron chi connectivity index (χ1n) is 10.9. The van der Waals surface area contributed by atoms with Crippen molar-refractivity contribution in [3.05, 3.63) is 0 Å². The van der Waals surface area contributed by atoms with Crippen LogP contribution < -0.4 is 10.6 Å². The zero-order valence-electron chi connectivity index (χ0n) is 17.6. The summed E-state index contributed by atoms with van der Waals surface area (Å²) < 4.78 is 6.09. The maximum absolute atomic E-state index is 6.09. The van der Waals surface area contributed by atoms with E-state index in [0.717, 1.165) is 38.6 Å². The highest BCUT2D eigenvalue weighted by Gasteiger charge is 2.35. The van der Waals surface area contributed by atoms with Gasteiger partial charge in [-0.15, -0.1) is 0 Å². The predicted molar refractivity (Wildman–Crippen MR) is 111 cm³/mol. The van der Waals surface area contributed by atoms with Crippen LogP contribution >= 0.6 is 0 Å². The summed E-state index contributed by atoms with van der Waals surface area (Å²) >= 11 is 0. The molecule has 0 spiro atoms. The van der Waals surface area contributed by atoms with Crippen LogP contribution in [-0.2, 0) is 4.74 Å². The highest BCUT2D eigenvalue weighted by molar-refractivity contribution is 5.79. The van der Waals surface area contributed by atoms with E-state index in [1.54, 1.807) is 0 Å². The number of nitrogens with zero attached hydrogens (tertiary/aromatic N) is 2. The van der Waals surface area contributed by atoms with Crippen LogP contribution in [0.1, 0.15) is 66.2 Å². The average molecular weight is 367 g/mol. The summed E-state index contributed by atoms with van der Waals surface area (Å²) in [5, 5.41) is 6.91. The number of hydrogen-bond donors (Lipinski definition) is 2. The maximum atomic E-state index is 6.09. The average Bonchev–Trinajstić information content (AvgIpc) is 3.12. The van der Waals surface area contributed by atoms with Gasteiger partial charge in [-0.2, -0.15) is 0 Å². The van der Waals surface area contributed by atoms with E-state index in [-0.39, 0.29) is 5.41 Å². The van der Waals surface area contributed by atoms with Gasteiger partial charge >= 0.3 is 0 Å². The lowest BCUT2D eigenvalue weighted by Crippen LogP contribution is -2.43. The Morgan fingerprint density at radius 3 is 2.58 bits per heavy atom. The van der Waals surface area contributed by atoms with Gasteiger partial charge < -0.3 is 20.3 Å². The minimum atomic E-state index is 0.182. The van der Waals surface area contributed by atoms with E-state index >= 15 is 0 Å². The molecule has 0 amide bonds. The van der Waals surface area contributed by atoms with Gasteiger partial charge in [0.1, 0.15) is 0 Å². The van der Waals surface area contributed by atoms with Crippen molar-refractivity contribution in [3.8, 4) is 0 Å². The fourth-order valence-corrected chi connectivity index (χ4v) is 4.21. The molecule has 0 aromatic carbocycles. The summed E-state index contributed by atoms with van der Waals surface area (Å²) in [5.74, 6) is 1.49. The van der Waals surface area contributed by atoms with E-state index in [0.29, 0.717) is 12.0 Å². The third-order valence-electron chi connectivity index (χ3n) is 5.52. The monoisotopic (exact) mass is 366 g/mol. The number of nitrogens with one attached hydrogen (secondary N) is 2. The number of unbranched alkanes of at least 4 members (excludes halogenated alkanes) is 1. The molecular weight excluding hydrogens is 324 g/mol. The highest BCUT2D eigenvalue weighted by Crippen LogP contribution is 2.34. The third kappa shape index (κ3) is 7.43. The first-order chi connectivity index (χ1) is 12.5. The molecule has 152 valence electrons. The molecule has 0 radical (unpaired) electrons. The lowest BCUT2D eigenvalue weighted by atomic mass is 9.78. The minimum Gasteiger partial charge on any atom is -0.377 e. The van der Waals surface area contributed by atoms with Crippen molar-refractivity contribution >= 4 is 5.96 Å². The summed E-state index contributed by atoms with van der Waals surface area (Å²) in [7, 11) is 0. The van der Waals surface area contributed by atoms with Crippen molar-refractivity contribution in [3.63, 3.8) is 0 Å². The maximum Gasteiger partial charge on any atom is 0.191 e. The molecule has 2 N–H and O–H groups in total. The predicted octanol–water partition coefficient (Wildman–Crippen LogP) is 3.26. The Hall–Kier alpha value is -0.810. The van der Waals surface area contributed by atoms with Crippen LogP contribution in [0.15, 0.2) is 4.99 Å². The molecule has 2 atom stereocenters. The zero-order valence-corrected chi connectivity index (χ0v) is 17.6. The molecule has 5 heteroatoms. The van der Waals surface area contributed by atoms with Gasteiger partial charge in [0.25, 0.3) is 0 Å². The molecule has 0 bridgehead atoms. The van der Waals surface area contributed by atoms with E-state index in [1.807, 2.05) is 0 Å². The Morgan fingerprint density at radius 1 is 1.12 bits per heavy atom. The number of hydrogen-bond acceptors (Lipinski definition) is 3. The van der Waals surface area contributed by atoms with Gasteiger partial charge in [-0.3, -0.25) is 4.99 Å². The normalized spacial score (nSPS) is 25.5. The fraction of sp³-hybridized carbons (Fsp3) is 0.952. The topological polar surface area (TPSA) is 48.9 Å². The van der Waals surface area contributed by atoms with E-state index in [1.165, 1.54) is 51.7 Å². The molecule has 0 aromatic heterocycles. The van der Waals surface area contributed by atoms with Gasteiger partial charge in [0.05, 0.1) is 6.10 Å². The zero-order chi connectivity index (χ0) is 18.8. The van der Waals surface area contributed by atoms with Crippen LogP contribution in [0.2, 0.25) is 0 Å². The molecule has 0 aliphatic carbocycles. The molecule has 2 rings (SSSR count).